The summed E-state index contributed by atoms with van der Waals surface area (Å²) in [6.07, 6.45) is 2.28. The predicted molar refractivity (Wildman–Crippen MR) is 86.1 cm³/mol. The number of piperidine rings is 1. The molecule has 0 radical (unpaired) electrons. The third-order valence-corrected chi connectivity index (χ3v) is 5.64. The monoisotopic (exact) mass is 364 g/mol. The van der Waals surface area contributed by atoms with Gasteiger partial charge in [0.05, 0.1) is 17.9 Å². The number of nitrogens with one attached hydrogen (secondary N) is 1. The van der Waals surface area contributed by atoms with Crippen molar-refractivity contribution in [2.75, 3.05) is 24.7 Å². The SMILES string of the molecule is CS(=O)(=O)N1CCCC(C(=O)Nc2ccccc2SC(F)F)C1. The predicted octanol–water partition coefficient (Wildman–Crippen LogP) is 2.61. The molecule has 0 saturated carbocycles. The van der Waals surface area contributed by atoms with Crippen LogP contribution in [0.15, 0.2) is 29.2 Å². The van der Waals surface area contributed by atoms with Gasteiger partial charge in [-0.2, -0.15) is 8.78 Å². The fourth-order valence-corrected chi connectivity index (χ4v) is 3.97. The fourth-order valence-electron chi connectivity index (χ4n) is 2.46. The van der Waals surface area contributed by atoms with E-state index in [1.54, 1.807) is 18.2 Å². The second kappa shape index (κ2) is 7.59. The molecule has 128 valence electrons. The zero-order valence-corrected chi connectivity index (χ0v) is 14.2. The van der Waals surface area contributed by atoms with E-state index in [1.807, 2.05) is 0 Å². The van der Waals surface area contributed by atoms with E-state index in [1.165, 1.54) is 10.4 Å². The smallest absolute Gasteiger partial charge is 0.288 e. The van der Waals surface area contributed by atoms with Crippen molar-refractivity contribution in [3.05, 3.63) is 24.3 Å². The number of halogens is 2. The molecule has 0 aromatic heterocycles. The summed E-state index contributed by atoms with van der Waals surface area (Å²) >= 11 is 0.364. The number of para-hydroxylation sites is 1. The highest BCUT2D eigenvalue weighted by Crippen LogP contribution is 2.32. The molecule has 5 nitrogen and oxygen atoms in total. The molecular formula is C14H18F2N2O3S2. The fraction of sp³-hybridized carbons (Fsp3) is 0.500. The van der Waals surface area contributed by atoms with E-state index in [9.17, 15) is 22.0 Å². The van der Waals surface area contributed by atoms with Gasteiger partial charge in [0.25, 0.3) is 5.76 Å². The second-order valence-corrected chi connectivity index (χ2v) is 8.34. The lowest BCUT2D eigenvalue weighted by Gasteiger charge is -2.30. The van der Waals surface area contributed by atoms with Crippen LogP contribution in [0.4, 0.5) is 14.5 Å². The van der Waals surface area contributed by atoms with E-state index in [4.69, 9.17) is 0 Å². The molecule has 1 fully saturated rings. The standard InChI is InChI=1S/C14H18F2N2O3S2/c1-23(20,21)18-8-4-5-10(9-18)13(19)17-11-6-2-3-7-12(11)22-14(15)16/h2-3,6-7,10,14H,4-5,8-9H2,1H3,(H,17,19). The van der Waals surface area contributed by atoms with Gasteiger partial charge in [-0.3, -0.25) is 4.79 Å². The first-order chi connectivity index (χ1) is 10.8. The summed E-state index contributed by atoms with van der Waals surface area (Å²) in [6, 6.07) is 6.33. The maximum atomic E-state index is 12.6. The largest absolute Gasteiger partial charge is 0.325 e. The number of amides is 1. The molecule has 1 atom stereocenters. The molecule has 0 bridgehead atoms. The third-order valence-electron chi connectivity index (χ3n) is 3.58. The first-order valence-corrected chi connectivity index (χ1v) is 9.80. The van der Waals surface area contributed by atoms with Crippen LogP contribution >= 0.6 is 11.8 Å². The molecule has 23 heavy (non-hydrogen) atoms. The number of nitrogens with zero attached hydrogens (tertiary/aromatic N) is 1. The van der Waals surface area contributed by atoms with E-state index in [0.717, 1.165) is 6.26 Å². The maximum Gasteiger partial charge on any atom is 0.288 e. The lowest BCUT2D eigenvalue weighted by molar-refractivity contribution is -0.120. The van der Waals surface area contributed by atoms with E-state index in [2.05, 4.69) is 5.32 Å². The van der Waals surface area contributed by atoms with Crippen molar-refractivity contribution in [1.82, 2.24) is 4.31 Å². The minimum atomic E-state index is -3.34. The second-order valence-electron chi connectivity index (χ2n) is 5.32. The lowest BCUT2D eigenvalue weighted by Crippen LogP contribution is -2.43. The lowest BCUT2D eigenvalue weighted by atomic mass is 9.99. The summed E-state index contributed by atoms with van der Waals surface area (Å²) in [6.45, 7) is 0.523. The Bertz CT molecular complexity index is 668. The molecule has 1 saturated heterocycles. The Morgan fingerprint density at radius 1 is 1.39 bits per heavy atom. The van der Waals surface area contributed by atoms with Crippen LogP contribution in [0.3, 0.4) is 0 Å². The van der Waals surface area contributed by atoms with Crippen molar-refractivity contribution in [3.8, 4) is 0 Å². The molecule has 0 aliphatic carbocycles. The third kappa shape index (κ3) is 5.15. The van der Waals surface area contributed by atoms with Crippen LogP contribution in [-0.4, -0.2) is 43.7 Å². The van der Waals surface area contributed by atoms with Crippen LogP contribution in [0.1, 0.15) is 12.8 Å². The van der Waals surface area contributed by atoms with Gasteiger partial charge in [0.15, 0.2) is 0 Å². The van der Waals surface area contributed by atoms with Gasteiger partial charge in [0.2, 0.25) is 15.9 Å². The molecule has 1 amide bonds. The topological polar surface area (TPSA) is 66.5 Å². The molecule has 0 spiro atoms. The summed E-state index contributed by atoms with van der Waals surface area (Å²) in [4.78, 5) is 12.6. The molecule has 1 aliphatic heterocycles. The number of hydrogen-bond acceptors (Lipinski definition) is 4. The van der Waals surface area contributed by atoms with Crippen molar-refractivity contribution in [2.45, 2.75) is 23.5 Å². The van der Waals surface area contributed by atoms with Gasteiger partial charge < -0.3 is 5.32 Å². The highest BCUT2D eigenvalue weighted by Gasteiger charge is 2.30. The normalized spacial score (nSPS) is 19.7. The maximum absolute atomic E-state index is 12.6. The van der Waals surface area contributed by atoms with Crippen LogP contribution in [0.2, 0.25) is 0 Å². The van der Waals surface area contributed by atoms with Crippen LogP contribution in [0.25, 0.3) is 0 Å². The Kier molecular flexibility index (Phi) is 5.99. The van der Waals surface area contributed by atoms with Crippen molar-refractivity contribution in [3.63, 3.8) is 0 Å². The number of carbonyl (C=O) groups is 1. The Hall–Kier alpha value is -1.19. The molecule has 1 aliphatic rings. The molecule has 1 N–H and O–H groups in total. The summed E-state index contributed by atoms with van der Waals surface area (Å²) in [5, 5.41) is 2.64. The van der Waals surface area contributed by atoms with Crippen molar-refractivity contribution >= 4 is 33.4 Å². The van der Waals surface area contributed by atoms with E-state index in [-0.39, 0.29) is 17.3 Å². The summed E-state index contributed by atoms with van der Waals surface area (Å²) < 4.78 is 49.6. The van der Waals surface area contributed by atoms with Crippen LogP contribution in [0.5, 0.6) is 0 Å². The van der Waals surface area contributed by atoms with Gasteiger partial charge in [0, 0.05) is 18.0 Å². The van der Waals surface area contributed by atoms with Gasteiger partial charge in [0.1, 0.15) is 0 Å². The molecule has 9 heteroatoms. The molecular weight excluding hydrogens is 346 g/mol. The molecule has 1 aromatic carbocycles. The minimum Gasteiger partial charge on any atom is -0.325 e. The molecule has 1 unspecified atom stereocenters. The Balaban J connectivity index is 2.07. The minimum absolute atomic E-state index is 0.120. The number of sulfonamides is 1. The first-order valence-electron chi connectivity index (χ1n) is 7.07. The molecule has 2 rings (SSSR count). The number of alkyl halides is 2. The highest BCUT2D eigenvalue weighted by molar-refractivity contribution is 7.99. The van der Waals surface area contributed by atoms with Crippen molar-refractivity contribution < 1.29 is 22.0 Å². The first kappa shape index (κ1) is 18.2. The summed E-state index contributed by atoms with van der Waals surface area (Å²) in [7, 11) is -3.34. The van der Waals surface area contributed by atoms with Crippen LogP contribution in [0, 0.1) is 5.92 Å². The number of carbonyl (C=O) groups excluding carboxylic acids is 1. The quantitative estimate of drug-likeness (QED) is 0.816. The average Bonchev–Trinajstić information content (AvgIpc) is 2.48. The number of anilines is 1. The number of rotatable bonds is 5. The Labute approximate surface area is 138 Å². The van der Waals surface area contributed by atoms with E-state index >= 15 is 0 Å². The zero-order chi connectivity index (χ0) is 17.0. The average molecular weight is 364 g/mol. The van der Waals surface area contributed by atoms with Crippen LogP contribution < -0.4 is 5.32 Å². The van der Waals surface area contributed by atoms with Gasteiger partial charge in [-0.15, -0.1) is 0 Å². The Morgan fingerprint density at radius 2 is 2.09 bits per heavy atom. The summed E-state index contributed by atoms with van der Waals surface area (Å²) in [5.74, 6) is -3.41. The molecule has 1 aromatic rings. The van der Waals surface area contributed by atoms with Gasteiger partial charge in [-0.05, 0) is 25.0 Å². The Morgan fingerprint density at radius 3 is 2.74 bits per heavy atom. The van der Waals surface area contributed by atoms with Gasteiger partial charge in [-0.1, -0.05) is 23.9 Å². The van der Waals surface area contributed by atoms with Crippen molar-refractivity contribution in [1.29, 1.82) is 0 Å². The zero-order valence-electron chi connectivity index (χ0n) is 12.5. The highest BCUT2D eigenvalue weighted by atomic mass is 32.2. The molecule has 1 heterocycles. The summed E-state index contributed by atoms with van der Waals surface area (Å²) in [5.41, 5.74) is 0.319. The van der Waals surface area contributed by atoms with Gasteiger partial charge >= 0.3 is 0 Å². The van der Waals surface area contributed by atoms with Crippen molar-refractivity contribution in [2.24, 2.45) is 5.92 Å². The van der Waals surface area contributed by atoms with E-state index in [0.29, 0.717) is 36.8 Å². The van der Waals surface area contributed by atoms with E-state index < -0.39 is 21.7 Å². The number of benzene rings is 1. The number of hydrogen-bond donors (Lipinski definition) is 1. The number of thioether (sulfide) groups is 1. The van der Waals surface area contributed by atoms with Crippen LogP contribution in [-0.2, 0) is 14.8 Å². The van der Waals surface area contributed by atoms with Gasteiger partial charge in [-0.25, -0.2) is 12.7 Å².